The van der Waals surface area contributed by atoms with Gasteiger partial charge in [-0.1, -0.05) is 0 Å². The first-order valence-electron chi connectivity index (χ1n) is 7.31. The van der Waals surface area contributed by atoms with Gasteiger partial charge in [-0.25, -0.2) is 0 Å². The summed E-state index contributed by atoms with van der Waals surface area (Å²) in [7, 11) is 3.42. The largest absolute Gasteiger partial charge is 0.493 e. The smallest absolute Gasteiger partial charge is 0.164 e. The van der Waals surface area contributed by atoms with E-state index in [1.165, 1.54) is 16.7 Å². The van der Waals surface area contributed by atoms with Crippen LogP contribution in [0.1, 0.15) is 16.7 Å². The second-order valence-corrected chi connectivity index (χ2v) is 5.37. The highest BCUT2D eigenvalue weighted by Crippen LogP contribution is 2.35. The van der Waals surface area contributed by atoms with Gasteiger partial charge in [0.15, 0.2) is 11.5 Å². The minimum Gasteiger partial charge on any atom is -0.493 e. The average molecular weight is 278 g/mol. The first-order valence-corrected chi connectivity index (χ1v) is 7.31. The molecule has 1 saturated heterocycles. The molecule has 4 nitrogen and oxygen atoms in total. The number of hydrogen-bond acceptors (Lipinski definition) is 4. The molecule has 1 aliphatic heterocycles. The first kappa shape index (κ1) is 15.1. The molecule has 1 aromatic carbocycles. The summed E-state index contributed by atoms with van der Waals surface area (Å²) in [4.78, 5) is 2.50. The number of benzene rings is 1. The number of ether oxygens (including phenoxy) is 2. The molecule has 20 heavy (non-hydrogen) atoms. The molecule has 1 heterocycles. The minimum atomic E-state index is 0.839. The number of piperazine rings is 1. The summed E-state index contributed by atoms with van der Waals surface area (Å²) < 4.78 is 11.0. The van der Waals surface area contributed by atoms with Crippen LogP contribution in [0, 0.1) is 13.8 Å². The number of nitrogens with one attached hydrogen (secondary N) is 1. The van der Waals surface area contributed by atoms with Gasteiger partial charge in [0, 0.05) is 38.3 Å². The van der Waals surface area contributed by atoms with Crippen molar-refractivity contribution in [3.8, 4) is 11.5 Å². The second-order valence-electron chi connectivity index (χ2n) is 5.37. The van der Waals surface area contributed by atoms with Gasteiger partial charge in [0.1, 0.15) is 0 Å². The third-order valence-electron chi connectivity index (χ3n) is 4.20. The van der Waals surface area contributed by atoms with Crippen molar-refractivity contribution in [2.24, 2.45) is 0 Å². The fraction of sp³-hybridized carbons (Fsp3) is 0.625. The molecule has 1 fully saturated rings. The molecule has 0 radical (unpaired) electrons. The third kappa shape index (κ3) is 3.25. The molecular weight excluding hydrogens is 252 g/mol. The van der Waals surface area contributed by atoms with E-state index in [9.17, 15) is 0 Å². The second kappa shape index (κ2) is 6.95. The lowest BCUT2D eigenvalue weighted by Gasteiger charge is -2.28. The van der Waals surface area contributed by atoms with Gasteiger partial charge in [0.2, 0.25) is 0 Å². The van der Waals surface area contributed by atoms with Crippen LogP contribution in [0.15, 0.2) is 6.07 Å². The maximum atomic E-state index is 5.59. The van der Waals surface area contributed by atoms with Gasteiger partial charge in [-0.15, -0.1) is 0 Å². The van der Waals surface area contributed by atoms with Crippen LogP contribution in [0.25, 0.3) is 0 Å². The van der Waals surface area contributed by atoms with Crippen molar-refractivity contribution in [1.82, 2.24) is 10.2 Å². The molecule has 0 atom stereocenters. The minimum absolute atomic E-state index is 0.839. The summed E-state index contributed by atoms with van der Waals surface area (Å²) in [6, 6.07) is 2.06. The lowest BCUT2D eigenvalue weighted by molar-refractivity contribution is 0.242. The predicted molar refractivity (Wildman–Crippen MR) is 82.0 cm³/mol. The SMILES string of the molecule is COc1cc(C)c(C)c(CCN2CCNCC2)c1OC. The summed E-state index contributed by atoms with van der Waals surface area (Å²) in [5.74, 6) is 1.73. The number of hydrogen-bond donors (Lipinski definition) is 1. The van der Waals surface area contributed by atoms with E-state index in [2.05, 4.69) is 30.1 Å². The van der Waals surface area contributed by atoms with Crippen molar-refractivity contribution in [2.45, 2.75) is 20.3 Å². The van der Waals surface area contributed by atoms with Gasteiger partial charge < -0.3 is 19.7 Å². The van der Waals surface area contributed by atoms with E-state index in [1.54, 1.807) is 14.2 Å². The van der Waals surface area contributed by atoms with Crippen molar-refractivity contribution in [3.63, 3.8) is 0 Å². The van der Waals surface area contributed by atoms with E-state index in [4.69, 9.17) is 9.47 Å². The van der Waals surface area contributed by atoms with E-state index in [-0.39, 0.29) is 0 Å². The van der Waals surface area contributed by atoms with Gasteiger partial charge in [0.25, 0.3) is 0 Å². The van der Waals surface area contributed by atoms with E-state index in [0.717, 1.165) is 50.6 Å². The average Bonchev–Trinajstić information content (AvgIpc) is 2.49. The fourth-order valence-electron chi connectivity index (χ4n) is 2.81. The quantitative estimate of drug-likeness (QED) is 0.890. The summed E-state index contributed by atoms with van der Waals surface area (Å²) >= 11 is 0. The monoisotopic (exact) mass is 278 g/mol. The Morgan fingerprint density at radius 1 is 1.15 bits per heavy atom. The zero-order valence-electron chi connectivity index (χ0n) is 13.1. The van der Waals surface area contributed by atoms with Gasteiger partial charge in [-0.05, 0) is 37.5 Å². The molecule has 2 rings (SSSR count). The van der Waals surface area contributed by atoms with Crippen LogP contribution < -0.4 is 14.8 Å². The number of nitrogens with zero attached hydrogens (tertiary/aromatic N) is 1. The highest BCUT2D eigenvalue weighted by atomic mass is 16.5. The third-order valence-corrected chi connectivity index (χ3v) is 4.20. The van der Waals surface area contributed by atoms with Gasteiger partial charge >= 0.3 is 0 Å². The van der Waals surface area contributed by atoms with E-state index < -0.39 is 0 Å². The summed E-state index contributed by atoms with van der Waals surface area (Å²) in [6.45, 7) is 9.82. The summed E-state index contributed by atoms with van der Waals surface area (Å²) in [5.41, 5.74) is 3.86. The van der Waals surface area contributed by atoms with Crippen LogP contribution in [0.5, 0.6) is 11.5 Å². The Kier molecular flexibility index (Phi) is 5.26. The predicted octanol–water partition coefficient (Wildman–Crippen LogP) is 1.77. The van der Waals surface area contributed by atoms with Crippen molar-refractivity contribution in [2.75, 3.05) is 46.9 Å². The van der Waals surface area contributed by atoms with Crippen LogP contribution in [0.2, 0.25) is 0 Å². The van der Waals surface area contributed by atoms with Crippen molar-refractivity contribution in [1.29, 1.82) is 0 Å². The molecule has 0 aromatic heterocycles. The molecule has 1 aromatic rings. The Morgan fingerprint density at radius 3 is 2.45 bits per heavy atom. The van der Waals surface area contributed by atoms with Gasteiger partial charge in [0.05, 0.1) is 14.2 Å². The molecule has 1 N–H and O–H groups in total. The van der Waals surface area contributed by atoms with Crippen LogP contribution in [0.3, 0.4) is 0 Å². The Hall–Kier alpha value is -1.26. The van der Waals surface area contributed by atoms with Crippen LogP contribution in [-0.4, -0.2) is 51.8 Å². The topological polar surface area (TPSA) is 33.7 Å². The Bertz CT molecular complexity index is 454. The van der Waals surface area contributed by atoms with E-state index in [1.807, 2.05) is 0 Å². The molecule has 0 saturated carbocycles. The molecule has 0 spiro atoms. The highest BCUT2D eigenvalue weighted by molar-refractivity contribution is 5.54. The summed E-state index contributed by atoms with van der Waals surface area (Å²) in [5, 5.41) is 3.39. The Morgan fingerprint density at radius 2 is 1.85 bits per heavy atom. The molecule has 0 aliphatic carbocycles. The highest BCUT2D eigenvalue weighted by Gasteiger charge is 2.17. The van der Waals surface area contributed by atoms with Gasteiger partial charge in [-0.3, -0.25) is 0 Å². The molecule has 4 heteroatoms. The maximum absolute atomic E-state index is 5.59. The standard InChI is InChI=1S/C16H26N2O2/c1-12-11-15(19-3)16(20-4)14(13(12)2)5-8-18-9-6-17-7-10-18/h11,17H,5-10H2,1-4H3. The van der Waals surface area contributed by atoms with Crippen molar-refractivity contribution < 1.29 is 9.47 Å². The van der Waals surface area contributed by atoms with Gasteiger partial charge in [-0.2, -0.15) is 0 Å². The molecule has 0 bridgehead atoms. The van der Waals surface area contributed by atoms with Crippen LogP contribution >= 0.6 is 0 Å². The van der Waals surface area contributed by atoms with Crippen molar-refractivity contribution >= 4 is 0 Å². The number of aryl methyl sites for hydroxylation is 1. The normalized spacial score (nSPS) is 16.2. The summed E-state index contributed by atoms with van der Waals surface area (Å²) in [6.07, 6.45) is 1.01. The maximum Gasteiger partial charge on any atom is 0.164 e. The number of methoxy groups -OCH3 is 2. The zero-order chi connectivity index (χ0) is 14.5. The van der Waals surface area contributed by atoms with Crippen molar-refractivity contribution in [3.05, 3.63) is 22.8 Å². The molecule has 0 unspecified atom stereocenters. The Balaban J connectivity index is 2.18. The molecule has 1 aliphatic rings. The molecular formula is C16H26N2O2. The van der Waals surface area contributed by atoms with E-state index in [0.29, 0.717) is 0 Å². The Labute approximate surface area is 122 Å². The molecule has 112 valence electrons. The lowest BCUT2D eigenvalue weighted by Crippen LogP contribution is -2.44. The van der Waals surface area contributed by atoms with Crippen LogP contribution in [-0.2, 0) is 6.42 Å². The van der Waals surface area contributed by atoms with Crippen LogP contribution in [0.4, 0.5) is 0 Å². The molecule has 0 amide bonds. The fourth-order valence-corrected chi connectivity index (χ4v) is 2.81. The lowest BCUT2D eigenvalue weighted by atomic mass is 9.98. The number of rotatable bonds is 5. The van der Waals surface area contributed by atoms with E-state index >= 15 is 0 Å². The first-order chi connectivity index (χ1) is 9.67. The zero-order valence-corrected chi connectivity index (χ0v) is 13.1.